The molecule has 3 aliphatic heterocycles. The second-order valence-electron chi connectivity index (χ2n) is 13.7. The highest BCUT2D eigenvalue weighted by Gasteiger charge is 2.62. The Hall–Kier alpha value is -5.83. The van der Waals surface area contributed by atoms with E-state index in [0.717, 1.165) is 11.1 Å². The summed E-state index contributed by atoms with van der Waals surface area (Å²) in [6.45, 7) is 5.85. The maximum atomic E-state index is 13.5. The summed E-state index contributed by atoms with van der Waals surface area (Å²) in [6, 6.07) is 15.6. The van der Waals surface area contributed by atoms with E-state index in [1.165, 1.54) is 36.4 Å². The quantitative estimate of drug-likeness (QED) is 0.0843. The van der Waals surface area contributed by atoms with Crippen molar-refractivity contribution in [3.63, 3.8) is 0 Å². The van der Waals surface area contributed by atoms with Gasteiger partial charge in [0.1, 0.15) is 51.6 Å². The molecule has 0 aromatic heterocycles. The maximum absolute atomic E-state index is 13.5. The van der Waals surface area contributed by atoms with Crippen molar-refractivity contribution in [2.24, 2.45) is 5.92 Å². The van der Waals surface area contributed by atoms with Crippen LogP contribution in [0.3, 0.4) is 0 Å². The molecule has 1 aliphatic carbocycles. The summed E-state index contributed by atoms with van der Waals surface area (Å²) in [5.74, 6) is -2.49. The Kier molecular flexibility index (Phi) is 6.59. The molecule has 248 valence electrons. The minimum Gasteiger partial charge on any atom is -0.508 e. The first-order chi connectivity index (χ1) is 23.3. The Bertz CT molecular complexity index is 2170. The summed E-state index contributed by atoms with van der Waals surface area (Å²) < 4.78 is 20.4. The van der Waals surface area contributed by atoms with E-state index in [9.17, 15) is 30.3 Å². The topological polar surface area (TPSA) is 146 Å². The van der Waals surface area contributed by atoms with E-state index in [1.54, 1.807) is 30.3 Å². The molecule has 4 unspecified atom stereocenters. The Labute approximate surface area is 282 Å². The number of carbonyl (C=O) groups excluding carboxylic acids is 1. The zero-order chi connectivity index (χ0) is 34.4. The van der Waals surface area contributed by atoms with Crippen LogP contribution in [0.4, 0.5) is 0 Å². The fourth-order valence-corrected chi connectivity index (χ4v) is 7.80. The van der Waals surface area contributed by atoms with Crippen LogP contribution >= 0.6 is 0 Å². The molecule has 49 heavy (non-hydrogen) atoms. The molecule has 0 amide bonds. The predicted octanol–water partition coefficient (Wildman–Crippen LogP) is 7.77. The van der Waals surface area contributed by atoms with E-state index >= 15 is 0 Å². The number of rotatable bonds is 4. The average molecular weight is 659 g/mol. The van der Waals surface area contributed by atoms with Gasteiger partial charge in [-0.15, -0.1) is 0 Å². The third-order valence-electron chi connectivity index (χ3n) is 9.95. The Balaban J connectivity index is 1.32. The van der Waals surface area contributed by atoms with Crippen molar-refractivity contribution >= 4 is 17.9 Å². The Morgan fingerprint density at radius 2 is 1.61 bits per heavy atom. The smallest absolute Gasteiger partial charge is 0.285 e. The predicted molar refractivity (Wildman–Crippen MR) is 181 cm³/mol. The van der Waals surface area contributed by atoms with Crippen molar-refractivity contribution in [1.29, 1.82) is 0 Å². The lowest BCUT2D eigenvalue weighted by Gasteiger charge is -2.55. The molecule has 4 aromatic carbocycles. The lowest BCUT2D eigenvalue weighted by molar-refractivity contribution is -0.198. The van der Waals surface area contributed by atoms with Crippen LogP contribution in [0, 0.1) is 5.92 Å². The number of ether oxygens (including phenoxy) is 3. The number of aromatic hydroxyl groups is 5. The first kappa shape index (κ1) is 30.5. The highest BCUT2D eigenvalue weighted by Crippen LogP contribution is 2.66. The zero-order valence-electron chi connectivity index (χ0n) is 27.0. The van der Waals surface area contributed by atoms with Gasteiger partial charge in [0, 0.05) is 35.1 Å². The van der Waals surface area contributed by atoms with Gasteiger partial charge in [0.05, 0.1) is 22.6 Å². The fraction of sp³-hybridized carbons (Fsp3) is 0.225. The van der Waals surface area contributed by atoms with Crippen molar-refractivity contribution in [2.45, 2.75) is 50.4 Å². The minimum atomic E-state index is -1.53. The third kappa shape index (κ3) is 4.71. The summed E-state index contributed by atoms with van der Waals surface area (Å²) in [4.78, 5) is 13.5. The van der Waals surface area contributed by atoms with Crippen LogP contribution in [0.25, 0.3) is 12.2 Å². The van der Waals surface area contributed by atoms with Crippen molar-refractivity contribution in [2.75, 3.05) is 0 Å². The van der Waals surface area contributed by atoms with Crippen LogP contribution in [0.15, 0.2) is 84.5 Å². The molecule has 5 N–H and O–H groups in total. The maximum Gasteiger partial charge on any atom is 0.285 e. The number of fused-ring (bicyclic) bond motifs is 5. The van der Waals surface area contributed by atoms with Gasteiger partial charge >= 0.3 is 0 Å². The van der Waals surface area contributed by atoms with Crippen molar-refractivity contribution in [3.05, 3.63) is 118 Å². The second-order valence-corrected chi connectivity index (χ2v) is 13.7. The molecule has 9 nitrogen and oxygen atoms in total. The molecule has 4 atom stereocenters. The van der Waals surface area contributed by atoms with Crippen molar-refractivity contribution < 1.29 is 44.5 Å². The number of allylic oxidation sites excluding steroid dienone is 3. The van der Waals surface area contributed by atoms with Crippen molar-refractivity contribution in [3.8, 4) is 46.0 Å². The molecule has 4 aliphatic rings. The fourth-order valence-electron chi connectivity index (χ4n) is 7.80. The number of benzene rings is 4. The molecule has 3 heterocycles. The zero-order valence-corrected chi connectivity index (χ0v) is 27.0. The van der Waals surface area contributed by atoms with Crippen LogP contribution in [-0.4, -0.2) is 36.9 Å². The van der Waals surface area contributed by atoms with Crippen molar-refractivity contribution in [1.82, 2.24) is 0 Å². The molecule has 0 fully saturated rings. The molecule has 9 heteroatoms. The van der Waals surface area contributed by atoms with Crippen LogP contribution in [0.2, 0.25) is 0 Å². The van der Waals surface area contributed by atoms with Gasteiger partial charge in [-0.3, -0.25) is 4.79 Å². The monoisotopic (exact) mass is 658 g/mol. The average Bonchev–Trinajstić information content (AvgIpc) is 3.03. The first-order valence-electron chi connectivity index (χ1n) is 16.1. The van der Waals surface area contributed by atoms with Gasteiger partial charge in [-0.05, 0) is 99.5 Å². The number of hydrogen-bond acceptors (Lipinski definition) is 9. The largest absolute Gasteiger partial charge is 0.508 e. The number of phenols is 5. The molecule has 0 bridgehead atoms. The SMILES string of the molecule is CC1=CC2c3c(ccc(C(=O)/C=C/c4ccc(O)cc4O)c3O)OC3(c4ccc(O)c5c4OC(C)(C)C=C5)Oc4cc(O)ccc4C(C1)C23. The lowest BCUT2D eigenvalue weighted by Crippen LogP contribution is -2.56. The van der Waals surface area contributed by atoms with Crippen LogP contribution < -0.4 is 14.2 Å². The number of carbonyl (C=O) groups is 1. The lowest BCUT2D eigenvalue weighted by atomic mass is 9.60. The summed E-state index contributed by atoms with van der Waals surface area (Å²) >= 11 is 0. The third-order valence-corrected chi connectivity index (χ3v) is 9.95. The van der Waals surface area contributed by atoms with Gasteiger partial charge in [0.15, 0.2) is 5.78 Å². The van der Waals surface area contributed by atoms with E-state index in [4.69, 9.17) is 14.2 Å². The molecule has 0 saturated heterocycles. The highest BCUT2D eigenvalue weighted by molar-refractivity contribution is 6.09. The summed E-state index contributed by atoms with van der Waals surface area (Å²) in [5, 5.41) is 53.1. The standard InChI is InChI=1S/C40H34O9/c1-20-16-27-24-8-7-23(42)19-34(24)48-40(29-10-12-31(44)26-14-15-39(2,3)49-38(26)29)36(27)28(17-20)35-33(47-40)13-9-25(37(35)46)30(43)11-5-21-4-6-22(41)18-32(21)45/h4-15,17-19,27-28,36,41-42,44-46H,16H2,1-3H3/b11-5+. The Morgan fingerprint density at radius 1 is 0.857 bits per heavy atom. The van der Waals surface area contributed by atoms with Gasteiger partial charge in [0.25, 0.3) is 5.79 Å². The van der Waals surface area contributed by atoms with Gasteiger partial charge < -0.3 is 39.7 Å². The highest BCUT2D eigenvalue weighted by atomic mass is 16.7. The molecule has 0 saturated carbocycles. The van der Waals surface area contributed by atoms with E-state index in [1.807, 2.05) is 39.0 Å². The van der Waals surface area contributed by atoms with E-state index in [-0.39, 0.29) is 40.2 Å². The number of ketones is 1. The van der Waals surface area contributed by atoms with Crippen LogP contribution in [0.5, 0.6) is 46.0 Å². The molecular formula is C40H34O9. The van der Waals surface area contributed by atoms with Crippen LogP contribution in [-0.2, 0) is 5.79 Å². The van der Waals surface area contributed by atoms with Gasteiger partial charge in [-0.2, -0.15) is 0 Å². The Morgan fingerprint density at radius 3 is 2.41 bits per heavy atom. The molecule has 0 radical (unpaired) electrons. The van der Waals surface area contributed by atoms with Gasteiger partial charge in [0.2, 0.25) is 0 Å². The van der Waals surface area contributed by atoms with Gasteiger partial charge in [-0.1, -0.05) is 17.7 Å². The molecular weight excluding hydrogens is 624 g/mol. The second kappa shape index (κ2) is 10.6. The van der Waals surface area contributed by atoms with Crippen LogP contribution in [0.1, 0.15) is 77.2 Å². The van der Waals surface area contributed by atoms with Gasteiger partial charge in [-0.25, -0.2) is 0 Å². The summed E-state index contributed by atoms with van der Waals surface area (Å²) in [7, 11) is 0. The first-order valence-corrected chi connectivity index (χ1v) is 16.1. The van der Waals surface area contributed by atoms with E-state index in [0.29, 0.717) is 45.9 Å². The molecule has 4 aromatic rings. The summed E-state index contributed by atoms with van der Waals surface area (Å²) in [6.07, 6.45) is 9.10. The number of phenolic OH excluding ortho intramolecular Hbond substituents is 5. The molecule has 0 spiro atoms. The number of hydrogen-bond donors (Lipinski definition) is 5. The summed E-state index contributed by atoms with van der Waals surface area (Å²) in [5.41, 5.74) is 3.09. The molecule has 8 rings (SSSR count). The van der Waals surface area contributed by atoms with E-state index < -0.39 is 29.0 Å². The van der Waals surface area contributed by atoms with E-state index in [2.05, 4.69) is 6.08 Å². The normalized spacial score (nSPS) is 23.9. The minimum absolute atomic E-state index is 0.0331.